The van der Waals surface area contributed by atoms with Gasteiger partial charge < -0.3 is 25.1 Å². The van der Waals surface area contributed by atoms with Gasteiger partial charge in [-0.05, 0) is 89.5 Å². The van der Waals surface area contributed by atoms with Gasteiger partial charge in [0.2, 0.25) is 5.91 Å². The van der Waals surface area contributed by atoms with Crippen LogP contribution >= 0.6 is 0 Å². The molecule has 0 saturated carbocycles. The second-order valence-electron chi connectivity index (χ2n) is 11.0. The predicted molar refractivity (Wildman–Crippen MR) is 168 cm³/mol. The van der Waals surface area contributed by atoms with Crippen molar-refractivity contribution in [1.82, 2.24) is 15.2 Å². The van der Waals surface area contributed by atoms with E-state index in [4.69, 9.17) is 14.9 Å². The fourth-order valence-electron chi connectivity index (χ4n) is 5.08. The van der Waals surface area contributed by atoms with E-state index in [1.165, 1.54) is 35.2 Å². The van der Waals surface area contributed by atoms with Crippen LogP contribution in [0.3, 0.4) is 0 Å². The van der Waals surface area contributed by atoms with E-state index in [1.54, 1.807) is 60.8 Å². The molecule has 0 bridgehead atoms. The number of nitrogens with one attached hydrogen (secondary N) is 1. The molecule has 1 aliphatic heterocycles. The van der Waals surface area contributed by atoms with E-state index in [0.717, 1.165) is 16.7 Å². The lowest BCUT2D eigenvalue weighted by atomic mass is 10.0. The Balaban J connectivity index is 1.23. The number of benzene rings is 3. The first kappa shape index (κ1) is 30.4. The third-order valence-corrected chi connectivity index (χ3v) is 7.60. The largest absolute Gasteiger partial charge is 0.455 e. The van der Waals surface area contributed by atoms with Gasteiger partial charge in [-0.15, -0.1) is 0 Å². The first-order valence-electron chi connectivity index (χ1n) is 14.6. The number of halogens is 3. The highest BCUT2D eigenvalue weighted by Crippen LogP contribution is 2.37. The van der Waals surface area contributed by atoms with Crippen LogP contribution in [-0.4, -0.2) is 40.7 Å². The number of anilines is 1. The lowest BCUT2D eigenvalue weighted by molar-refractivity contribution is -0.116. The number of aromatic nitrogens is 1. The number of carbonyl (C=O) groups is 2. The van der Waals surface area contributed by atoms with Gasteiger partial charge in [0.15, 0.2) is 11.3 Å². The maximum atomic E-state index is 13.6. The van der Waals surface area contributed by atoms with Gasteiger partial charge in [-0.25, -0.2) is 18.2 Å². The zero-order valence-electron chi connectivity index (χ0n) is 24.5. The molecule has 0 atom stereocenters. The predicted octanol–water partition coefficient (Wildman–Crippen LogP) is 7.21. The Hall–Kier alpha value is -5.58. The van der Waals surface area contributed by atoms with Crippen molar-refractivity contribution in [3.63, 3.8) is 0 Å². The number of carbonyl (C=O) groups excluding carboxylic acids is 2. The number of hydrogen-bond donors (Lipinski definition) is 2. The van der Waals surface area contributed by atoms with Gasteiger partial charge in [-0.2, -0.15) is 0 Å². The van der Waals surface area contributed by atoms with E-state index in [9.17, 15) is 22.8 Å². The van der Waals surface area contributed by atoms with Crippen LogP contribution in [0.25, 0.3) is 28.2 Å². The van der Waals surface area contributed by atoms with Crippen LogP contribution in [0.1, 0.15) is 34.5 Å². The number of piperidine rings is 1. The van der Waals surface area contributed by atoms with Crippen molar-refractivity contribution in [2.24, 2.45) is 0 Å². The number of amides is 2. The summed E-state index contributed by atoms with van der Waals surface area (Å²) in [5.74, 6) is -2.17. The zero-order valence-corrected chi connectivity index (χ0v) is 24.5. The minimum atomic E-state index is -2.74. The van der Waals surface area contributed by atoms with Crippen LogP contribution in [0.2, 0.25) is 0 Å². The summed E-state index contributed by atoms with van der Waals surface area (Å²) in [5, 5.41) is 3.48. The average Bonchev–Trinajstić information content (AvgIpc) is 3.48. The van der Waals surface area contributed by atoms with E-state index in [0.29, 0.717) is 39.6 Å². The second-order valence-corrected chi connectivity index (χ2v) is 11.0. The van der Waals surface area contributed by atoms with E-state index >= 15 is 0 Å². The van der Waals surface area contributed by atoms with Crippen LogP contribution in [0.5, 0.6) is 11.5 Å². The molecule has 0 unspecified atom stereocenters. The standard InChI is InChI=1S/C35H29F3N4O4/c36-27-7-9-28(10-8-27)45-30-19-25(23-3-5-24(6-4-23)34(44)42-15-13-35(37,38)14-16-42)17-26-18-29(46-33(26)30)21-41-32(43)12-2-22-1-11-31(39)40-20-22/h1-12,17-20H,13-16,21H2,(H2,39,40)(H,41,43)/b12-2+. The van der Waals surface area contributed by atoms with Crippen molar-refractivity contribution in [3.8, 4) is 22.6 Å². The highest BCUT2D eigenvalue weighted by Gasteiger charge is 2.35. The van der Waals surface area contributed by atoms with E-state index in [-0.39, 0.29) is 44.3 Å². The minimum Gasteiger partial charge on any atom is -0.455 e. The third-order valence-electron chi connectivity index (χ3n) is 7.60. The summed E-state index contributed by atoms with van der Waals surface area (Å²) in [6, 6.07) is 21.3. The van der Waals surface area contributed by atoms with Crippen molar-refractivity contribution in [3.05, 3.63) is 114 Å². The van der Waals surface area contributed by atoms with E-state index in [2.05, 4.69) is 10.3 Å². The van der Waals surface area contributed by atoms with Crippen molar-refractivity contribution in [2.45, 2.75) is 25.3 Å². The van der Waals surface area contributed by atoms with Gasteiger partial charge in [-0.3, -0.25) is 9.59 Å². The maximum absolute atomic E-state index is 13.6. The molecule has 1 aliphatic rings. The van der Waals surface area contributed by atoms with Crippen LogP contribution in [-0.2, 0) is 11.3 Å². The van der Waals surface area contributed by atoms with E-state index < -0.39 is 11.7 Å². The van der Waals surface area contributed by atoms with Crippen LogP contribution in [0.15, 0.2) is 95.6 Å². The van der Waals surface area contributed by atoms with Gasteiger partial charge in [0.25, 0.3) is 11.8 Å². The Morgan fingerprint density at radius 3 is 2.41 bits per heavy atom. The Bertz CT molecular complexity index is 1890. The molecule has 0 aliphatic carbocycles. The number of pyridine rings is 1. The van der Waals surface area contributed by atoms with Crippen LogP contribution in [0.4, 0.5) is 19.0 Å². The molecular formula is C35H29F3N4O4. The fraction of sp³-hybridized carbons (Fsp3) is 0.171. The molecule has 3 heterocycles. The number of furan rings is 1. The summed E-state index contributed by atoms with van der Waals surface area (Å²) >= 11 is 0. The van der Waals surface area contributed by atoms with Crippen molar-refractivity contribution in [1.29, 1.82) is 0 Å². The van der Waals surface area contributed by atoms with E-state index in [1.807, 2.05) is 6.07 Å². The minimum absolute atomic E-state index is 0.00790. The van der Waals surface area contributed by atoms with Crippen molar-refractivity contribution >= 4 is 34.7 Å². The summed E-state index contributed by atoms with van der Waals surface area (Å²) in [6.07, 6.45) is 3.86. The number of rotatable bonds is 8. The van der Waals surface area contributed by atoms with Gasteiger partial charge >= 0.3 is 0 Å². The molecule has 3 aromatic carbocycles. The Morgan fingerprint density at radius 1 is 0.978 bits per heavy atom. The first-order chi connectivity index (χ1) is 22.1. The van der Waals surface area contributed by atoms with Gasteiger partial charge in [-0.1, -0.05) is 12.1 Å². The average molecular weight is 627 g/mol. The number of ether oxygens (including phenoxy) is 1. The summed E-state index contributed by atoms with van der Waals surface area (Å²) in [5.41, 5.74) is 8.66. The topological polar surface area (TPSA) is 111 Å². The molecule has 2 aromatic heterocycles. The molecule has 0 radical (unpaired) electrons. The number of nitrogens with two attached hydrogens (primary N) is 1. The molecule has 234 valence electrons. The summed E-state index contributed by atoms with van der Waals surface area (Å²) in [7, 11) is 0. The van der Waals surface area contributed by atoms with Gasteiger partial charge in [0.05, 0.1) is 6.54 Å². The number of likely N-dealkylation sites (tertiary alicyclic amines) is 1. The number of nitrogens with zero attached hydrogens (tertiary/aromatic N) is 2. The highest BCUT2D eigenvalue weighted by molar-refractivity contribution is 5.95. The van der Waals surface area contributed by atoms with Gasteiger partial charge in [0.1, 0.15) is 23.1 Å². The normalized spacial score (nSPS) is 14.5. The lowest BCUT2D eigenvalue weighted by Crippen LogP contribution is -2.42. The number of hydrogen-bond acceptors (Lipinski definition) is 6. The fourth-order valence-corrected chi connectivity index (χ4v) is 5.08. The molecule has 3 N–H and O–H groups in total. The number of fused-ring (bicyclic) bond motifs is 1. The molecule has 1 saturated heterocycles. The molecular weight excluding hydrogens is 597 g/mol. The smallest absolute Gasteiger partial charge is 0.253 e. The van der Waals surface area contributed by atoms with Crippen molar-refractivity contribution in [2.75, 3.05) is 18.8 Å². The third kappa shape index (κ3) is 7.20. The molecule has 8 nitrogen and oxygen atoms in total. The quantitative estimate of drug-likeness (QED) is 0.176. The van der Waals surface area contributed by atoms with Gasteiger partial charge in [0, 0.05) is 49.2 Å². The zero-order chi connectivity index (χ0) is 32.3. The van der Waals surface area contributed by atoms with Crippen LogP contribution in [0, 0.1) is 5.82 Å². The Morgan fingerprint density at radius 2 is 1.72 bits per heavy atom. The maximum Gasteiger partial charge on any atom is 0.253 e. The molecule has 11 heteroatoms. The SMILES string of the molecule is Nc1ccc(/C=C/C(=O)NCc2cc3cc(-c4ccc(C(=O)N5CCC(F)(F)CC5)cc4)cc(Oc4ccc(F)cc4)c3o2)cn1. The first-order valence-corrected chi connectivity index (χ1v) is 14.6. The molecule has 1 fully saturated rings. The summed E-state index contributed by atoms with van der Waals surface area (Å²) in [6.45, 7) is 0.115. The molecule has 2 amide bonds. The molecule has 0 spiro atoms. The van der Waals surface area contributed by atoms with Crippen LogP contribution < -0.4 is 15.8 Å². The Labute approximate surface area is 262 Å². The highest BCUT2D eigenvalue weighted by atomic mass is 19.3. The van der Waals surface area contributed by atoms with Crippen molar-refractivity contribution < 1.29 is 31.9 Å². The molecule has 6 rings (SSSR count). The molecule has 5 aromatic rings. The number of alkyl halides is 2. The summed E-state index contributed by atoms with van der Waals surface area (Å²) in [4.78, 5) is 30.8. The number of nitrogen functional groups attached to an aromatic ring is 1. The monoisotopic (exact) mass is 626 g/mol. The Kier molecular flexibility index (Phi) is 8.47. The second kappa shape index (κ2) is 12.8. The summed E-state index contributed by atoms with van der Waals surface area (Å²) < 4.78 is 52.9. The molecule has 46 heavy (non-hydrogen) atoms. The lowest BCUT2D eigenvalue weighted by Gasteiger charge is -2.31.